The largest absolute Gasteiger partial charge is 0.370 e. The molecule has 2 aromatic heterocycles. The van der Waals surface area contributed by atoms with Gasteiger partial charge in [-0.3, -0.25) is 0 Å². The molecule has 0 atom stereocenters. The highest BCUT2D eigenvalue weighted by atomic mass is 15.3. The van der Waals surface area contributed by atoms with Crippen molar-refractivity contribution in [1.29, 1.82) is 0 Å². The molecule has 5 nitrogen and oxygen atoms in total. The highest BCUT2D eigenvalue weighted by Crippen LogP contribution is 2.20. The number of hydrogen-bond acceptors (Lipinski definition) is 4. The lowest BCUT2D eigenvalue weighted by Gasteiger charge is -2.13. The first-order valence-electron chi connectivity index (χ1n) is 8.00. The molecular weight excluding hydrogens is 274 g/mol. The summed E-state index contributed by atoms with van der Waals surface area (Å²) in [6.07, 6.45) is 10.3. The van der Waals surface area contributed by atoms with E-state index in [0.717, 1.165) is 36.0 Å². The van der Waals surface area contributed by atoms with Crippen LogP contribution in [0, 0.1) is 13.8 Å². The number of nitrogens with one attached hydrogen (secondary N) is 1. The van der Waals surface area contributed by atoms with Crippen LogP contribution < -0.4 is 5.32 Å². The Morgan fingerprint density at radius 2 is 2.09 bits per heavy atom. The van der Waals surface area contributed by atoms with Crippen LogP contribution in [0.5, 0.6) is 0 Å². The van der Waals surface area contributed by atoms with Crippen LogP contribution in [0.1, 0.15) is 43.5 Å². The van der Waals surface area contributed by atoms with Gasteiger partial charge in [0.1, 0.15) is 12.1 Å². The van der Waals surface area contributed by atoms with Crippen LogP contribution in [0.2, 0.25) is 0 Å². The van der Waals surface area contributed by atoms with Crippen molar-refractivity contribution < 1.29 is 0 Å². The highest BCUT2D eigenvalue weighted by Gasteiger charge is 2.07. The second-order valence-electron chi connectivity index (χ2n) is 5.89. The monoisotopic (exact) mass is 297 g/mol. The van der Waals surface area contributed by atoms with Gasteiger partial charge in [0.25, 0.3) is 0 Å². The van der Waals surface area contributed by atoms with Crippen LogP contribution in [0.25, 0.3) is 5.82 Å². The van der Waals surface area contributed by atoms with E-state index in [4.69, 9.17) is 0 Å². The van der Waals surface area contributed by atoms with Gasteiger partial charge in [-0.05, 0) is 52.0 Å². The molecule has 2 heterocycles. The molecule has 0 spiro atoms. The smallest absolute Gasteiger partial charge is 0.159 e. The van der Waals surface area contributed by atoms with Crippen LogP contribution >= 0.6 is 0 Å². The van der Waals surface area contributed by atoms with Crippen molar-refractivity contribution in [2.24, 2.45) is 0 Å². The molecular formula is C17H23N5. The van der Waals surface area contributed by atoms with Gasteiger partial charge in [0.05, 0.1) is 5.69 Å². The van der Waals surface area contributed by atoms with E-state index in [-0.39, 0.29) is 0 Å². The number of aromatic nitrogens is 4. The summed E-state index contributed by atoms with van der Waals surface area (Å²) in [7, 11) is 0. The molecule has 1 aliphatic carbocycles. The Morgan fingerprint density at radius 1 is 1.18 bits per heavy atom. The molecule has 116 valence electrons. The van der Waals surface area contributed by atoms with Crippen molar-refractivity contribution in [3.63, 3.8) is 0 Å². The molecule has 0 aliphatic heterocycles. The fourth-order valence-corrected chi connectivity index (χ4v) is 2.90. The zero-order valence-electron chi connectivity index (χ0n) is 13.3. The van der Waals surface area contributed by atoms with E-state index in [9.17, 15) is 0 Å². The summed E-state index contributed by atoms with van der Waals surface area (Å²) in [5.41, 5.74) is 3.65. The Hall–Kier alpha value is -2.17. The minimum absolute atomic E-state index is 0.806. The predicted octanol–water partition coefficient (Wildman–Crippen LogP) is 3.58. The number of allylic oxidation sites excluding steroid dienone is 1. The van der Waals surface area contributed by atoms with Crippen molar-refractivity contribution >= 4 is 5.82 Å². The molecule has 3 rings (SSSR count). The van der Waals surface area contributed by atoms with Crippen molar-refractivity contribution in [3.8, 4) is 5.82 Å². The fourth-order valence-electron chi connectivity index (χ4n) is 2.90. The Morgan fingerprint density at radius 3 is 2.82 bits per heavy atom. The van der Waals surface area contributed by atoms with Gasteiger partial charge in [-0.15, -0.1) is 0 Å². The summed E-state index contributed by atoms with van der Waals surface area (Å²) in [5.74, 6) is 1.66. The standard InChI is InChI=1S/C17H23N5/c1-13-10-14(2)22(21-13)17-11-16(19-12-20-17)18-9-8-15-6-4-3-5-7-15/h6,10-12H,3-5,7-9H2,1-2H3,(H,18,19,20). The average molecular weight is 297 g/mol. The second kappa shape index (κ2) is 6.73. The zero-order valence-corrected chi connectivity index (χ0v) is 13.3. The summed E-state index contributed by atoms with van der Waals surface area (Å²) >= 11 is 0. The maximum atomic E-state index is 4.46. The Balaban J connectivity index is 1.64. The number of aryl methyl sites for hydroxylation is 2. The first-order valence-corrected chi connectivity index (χ1v) is 8.00. The topological polar surface area (TPSA) is 55.6 Å². The molecule has 0 saturated carbocycles. The Kier molecular flexibility index (Phi) is 4.51. The van der Waals surface area contributed by atoms with E-state index in [0.29, 0.717) is 0 Å². The molecule has 0 radical (unpaired) electrons. The van der Waals surface area contributed by atoms with Gasteiger partial charge in [0.2, 0.25) is 0 Å². The molecule has 0 fully saturated rings. The molecule has 5 heteroatoms. The van der Waals surface area contributed by atoms with E-state index in [2.05, 4.69) is 26.5 Å². The molecule has 1 N–H and O–H groups in total. The van der Waals surface area contributed by atoms with Gasteiger partial charge < -0.3 is 5.32 Å². The lowest BCUT2D eigenvalue weighted by atomic mass is 9.97. The molecule has 0 unspecified atom stereocenters. The first kappa shape index (κ1) is 14.8. The lowest BCUT2D eigenvalue weighted by Crippen LogP contribution is -2.08. The van der Waals surface area contributed by atoms with E-state index < -0.39 is 0 Å². The third-order valence-electron chi connectivity index (χ3n) is 4.02. The molecule has 22 heavy (non-hydrogen) atoms. The van der Waals surface area contributed by atoms with E-state index >= 15 is 0 Å². The van der Waals surface area contributed by atoms with Crippen molar-refractivity contribution in [1.82, 2.24) is 19.7 Å². The predicted molar refractivity (Wildman–Crippen MR) is 88.3 cm³/mol. The first-order chi connectivity index (χ1) is 10.7. The molecule has 0 bridgehead atoms. The van der Waals surface area contributed by atoms with Crippen LogP contribution in [0.15, 0.2) is 30.1 Å². The third-order valence-corrected chi connectivity index (χ3v) is 4.02. The van der Waals surface area contributed by atoms with Crippen LogP contribution in [-0.4, -0.2) is 26.3 Å². The average Bonchev–Trinajstić information content (AvgIpc) is 2.87. The molecule has 0 saturated heterocycles. The van der Waals surface area contributed by atoms with Gasteiger partial charge in [0.15, 0.2) is 5.82 Å². The number of anilines is 1. The van der Waals surface area contributed by atoms with E-state index in [1.807, 2.05) is 30.7 Å². The van der Waals surface area contributed by atoms with Gasteiger partial charge in [-0.25, -0.2) is 14.6 Å². The maximum absolute atomic E-state index is 4.46. The van der Waals surface area contributed by atoms with Crippen molar-refractivity contribution in [2.45, 2.75) is 46.0 Å². The lowest BCUT2D eigenvalue weighted by molar-refractivity contribution is 0.679. The van der Waals surface area contributed by atoms with Gasteiger partial charge in [-0.1, -0.05) is 11.6 Å². The van der Waals surface area contributed by atoms with Gasteiger partial charge in [0, 0.05) is 18.3 Å². The Bertz CT molecular complexity index is 671. The van der Waals surface area contributed by atoms with Gasteiger partial charge in [-0.2, -0.15) is 5.10 Å². The number of nitrogens with zero attached hydrogens (tertiary/aromatic N) is 4. The Labute approximate surface area is 131 Å². The summed E-state index contributed by atoms with van der Waals surface area (Å²) in [5, 5.41) is 7.86. The molecule has 0 aromatic carbocycles. The number of hydrogen-bond donors (Lipinski definition) is 1. The summed E-state index contributed by atoms with van der Waals surface area (Å²) in [6, 6.07) is 4.00. The van der Waals surface area contributed by atoms with Crippen LogP contribution in [-0.2, 0) is 0 Å². The van der Waals surface area contributed by atoms with Crippen LogP contribution in [0.3, 0.4) is 0 Å². The SMILES string of the molecule is Cc1cc(C)n(-c2cc(NCCC3=CCCCC3)ncn2)n1. The zero-order chi connectivity index (χ0) is 15.4. The highest BCUT2D eigenvalue weighted by molar-refractivity contribution is 5.41. The van der Waals surface area contributed by atoms with Crippen molar-refractivity contribution in [2.75, 3.05) is 11.9 Å². The fraction of sp³-hybridized carbons (Fsp3) is 0.471. The number of rotatable bonds is 5. The molecule has 2 aromatic rings. The van der Waals surface area contributed by atoms with Crippen LogP contribution in [0.4, 0.5) is 5.82 Å². The minimum Gasteiger partial charge on any atom is -0.370 e. The van der Waals surface area contributed by atoms with E-state index in [1.165, 1.54) is 25.7 Å². The second-order valence-corrected chi connectivity index (χ2v) is 5.89. The van der Waals surface area contributed by atoms with Gasteiger partial charge >= 0.3 is 0 Å². The summed E-state index contributed by atoms with van der Waals surface area (Å²) in [4.78, 5) is 8.62. The molecule has 1 aliphatic rings. The third kappa shape index (κ3) is 3.53. The molecule has 0 amide bonds. The normalized spacial score (nSPS) is 14.7. The maximum Gasteiger partial charge on any atom is 0.159 e. The van der Waals surface area contributed by atoms with Crippen molar-refractivity contribution in [3.05, 3.63) is 41.5 Å². The summed E-state index contributed by atoms with van der Waals surface area (Å²) in [6.45, 7) is 4.94. The summed E-state index contributed by atoms with van der Waals surface area (Å²) < 4.78 is 1.85. The van der Waals surface area contributed by atoms with E-state index in [1.54, 1.807) is 11.9 Å². The minimum atomic E-state index is 0.806. The quantitative estimate of drug-likeness (QED) is 0.857.